The molecule has 3 aromatic carbocycles. The van der Waals surface area contributed by atoms with Crippen LogP contribution < -0.4 is 15.4 Å². The van der Waals surface area contributed by atoms with E-state index in [0.717, 1.165) is 29.8 Å². The van der Waals surface area contributed by atoms with Crippen LogP contribution in [0.25, 0.3) is 0 Å². The minimum Gasteiger partial charge on any atom is -0.434 e. The highest BCUT2D eigenvalue weighted by molar-refractivity contribution is 6.04. The summed E-state index contributed by atoms with van der Waals surface area (Å²) in [5.74, 6) is -0.648. The molecule has 0 radical (unpaired) electrons. The first-order chi connectivity index (χ1) is 16.7. The van der Waals surface area contributed by atoms with E-state index in [9.17, 15) is 27.6 Å². The summed E-state index contributed by atoms with van der Waals surface area (Å²) in [5, 5.41) is 5.36. The fraction of sp³-hybridized carbons (Fsp3) is 0.160. The SMILES string of the molecule is CCOC(=O)Oc1ccc(C(=O)Nc2ccc(CNC(=O)c3ccc(C(F)(F)F)cc3)cc2)cc1. The summed E-state index contributed by atoms with van der Waals surface area (Å²) in [6, 6.07) is 16.6. The molecule has 0 spiro atoms. The molecule has 7 nitrogen and oxygen atoms in total. The Morgan fingerprint density at radius 2 is 1.37 bits per heavy atom. The number of ether oxygens (including phenoxy) is 2. The van der Waals surface area contributed by atoms with E-state index in [1.807, 2.05) is 0 Å². The molecule has 3 rings (SSSR count). The Bertz CT molecular complexity index is 1180. The summed E-state index contributed by atoms with van der Waals surface area (Å²) in [7, 11) is 0. The first-order valence-corrected chi connectivity index (χ1v) is 10.5. The van der Waals surface area contributed by atoms with Crippen molar-refractivity contribution >= 4 is 23.7 Å². The number of benzene rings is 3. The zero-order valence-corrected chi connectivity index (χ0v) is 18.5. The Kier molecular flexibility index (Phi) is 8.08. The number of alkyl halides is 3. The lowest BCUT2D eigenvalue weighted by Gasteiger charge is -2.10. The Hall–Kier alpha value is -4.34. The Labute approximate surface area is 198 Å². The van der Waals surface area contributed by atoms with Gasteiger partial charge in [0.25, 0.3) is 11.8 Å². The lowest BCUT2D eigenvalue weighted by atomic mass is 10.1. The number of hydrogen-bond donors (Lipinski definition) is 2. The summed E-state index contributed by atoms with van der Waals surface area (Å²) >= 11 is 0. The van der Waals surface area contributed by atoms with E-state index in [2.05, 4.69) is 15.4 Å². The van der Waals surface area contributed by atoms with Crippen molar-refractivity contribution < 1.29 is 37.0 Å². The second-order valence-electron chi connectivity index (χ2n) is 7.22. The van der Waals surface area contributed by atoms with Gasteiger partial charge in [0, 0.05) is 23.4 Å². The minimum absolute atomic E-state index is 0.112. The molecule has 2 N–H and O–H groups in total. The van der Waals surface area contributed by atoms with Crippen molar-refractivity contribution in [3.8, 4) is 5.75 Å². The topological polar surface area (TPSA) is 93.7 Å². The van der Waals surface area contributed by atoms with Crippen molar-refractivity contribution in [2.45, 2.75) is 19.6 Å². The summed E-state index contributed by atoms with van der Waals surface area (Å²) in [4.78, 5) is 35.9. The van der Waals surface area contributed by atoms with Crippen LogP contribution in [-0.4, -0.2) is 24.6 Å². The van der Waals surface area contributed by atoms with Crippen molar-refractivity contribution in [3.05, 3.63) is 95.1 Å². The van der Waals surface area contributed by atoms with Gasteiger partial charge in [0.1, 0.15) is 5.75 Å². The third kappa shape index (κ3) is 7.32. The summed E-state index contributed by atoms with van der Waals surface area (Å²) < 4.78 is 47.5. The van der Waals surface area contributed by atoms with E-state index in [1.165, 1.54) is 24.3 Å². The minimum atomic E-state index is -4.46. The third-order valence-electron chi connectivity index (χ3n) is 4.72. The monoisotopic (exact) mass is 486 g/mol. The van der Waals surface area contributed by atoms with Crippen molar-refractivity contribution in [2.75, 3.05) is 11.9 Å². The van der Waals surface area contributed by atoms with Crippen molar-refractivity contribution in [3.63, 3.8) is 0 Å². The van der Waals surface area contributed by atoms with E-state index in [0.29, 0.717) is 11.3 Å². The highest BCUT2D eigenvalue weighted by Gasteiger charge is 2.30. The van der Waals surface area contributed by atoms with E-state index in [-0.39, 0.29) is 30.4 Å². The number of anilines is 1. The molecule has 0 unspecified atom stereocenters. The number of amides is 2. The van der Waals surface area contributed by atoms with Crippen LogP contribution in [0.1, 0.15) is 38.8 Å². The quantitative estimate of drug-likeness (QED) is 0.344. The average Bonchev–Trinajstić information content (AvgIpc) is 2.83. The molecule has 0 saturated carbocycles. The number of nitrogens with one attached hydrogen (secondary N) is 2. The molecule has 0 bridgehead atoms. The van der Waals surface area contributed by atoms with Gasteiger partial charge >= 0.3 is 12.3 Å². The van der Waals surface area contributed by atoms with Crippen molar-refractivity contribution in [2.24, 2.45) is 0 Å². The van der Waals surface area contributed by atoms with Gasteiger partial charge in [-0.3, -0.25) is 9.59 Å². The van der Waals surface area contributed by atoms with Gasteiger partial charge in [-0.1, -0.05) is 12.1 Å². The molecule has 182 valence electrons. The summed E-state index contributed by atoms with van der Waals surface area (Å²) in [6.45, 7) is 1.99. The van der Waals surface area contributed by atoms with Crippen LogP contribution in [0.3, 0.4) is 0 Å². The normalized spacial score (nSPS) is 10.9. The second kappa shape index (κ2) is 11.2. The van der Waals surface area contributed by atoms with Crippen LogP contribution in [0.5, 0.6) is 5.75 Å². The first kappa shape index (κ1) is 25.3. The van der Waals surface area contributed by atoms with Gasteiger partial charge < -0.3 is 20.1 Å². The summed E-state index contributed by atoms with van der Waals surface area (Å²) in [5.41, 5.74) is 0.866. The van der Waals surface area contributed by atoms with Gasteiger partial charge in [-0.25, -0.2) is 4.79 Å². The molecule has 0 atom stereocenters. The van der Waals surface area contributed by atoms with E-state index >= 15 is 0 Å². The van der Waals surface area contributed by atoms with Crippen LogP contribution in [0.15, 0.2) is 72.8 Å². The van der Waals surface area contributed by atoms with Crippen LogP contribution in [0.2, 0.25) is 0 Å². The van der Waals surface area contributed by atoms with Gasteiger partial charge in [-0.15, -0.1) is 0 Å². The predicted molar refractivity (Wildman–Crippen MR) is 121 cm³/mol. The van der Waals surface area contributed by atoms with Gasteiger partial charge in [0.05, 0.1) is 12.2 Å². The largest absolute Gasteiger partial charge is 0.513 e. The highest BCUT2D eigenvalue weighted by atomic mass is 19.4. The maximum atomic E-state index is 12.6. The van der Waals surface area contributed by atoms with Crippen LogP contribution >= 0.6 is 0 Å². The molecule has 0 heterocycles. The maximum absolute atomic E-state index is 12.6. The Balaban J connectivity index is 1.51. The molecule has 0 aromatic heterocycles. The van der Waals surface area contributed by atoms with Crippen molar-refractivity contribution in [1.29, 1.82) is 0 Å². The average molecular weight is 486 g/mol. The summed E-state index contributed by atoms with van der Waals surface area (Å²) in [6.07, 6.45) is -5.30. The third-order valence-corrected chi connectivity index (χ3v) is 4.72. The lowest BCUT2D eigenvalue weighted by molar-refractivity contribution is -0.137. The van der Waals surface area contributed by atoms with Gasteiger partial charge in [-0.2, -0.15) is 13.2 Å². The second-order valence-corrected chi connectivity index (χ2v) is 7.22. The van der Waals surface area contributed by atoms with Crippen molar-refractivity contribution in [1.82, 2.24) is 5.32 Å². The fourth-order valence-corrected chi connectivity index (χ4v) is 2.92. The number of rotatable bonds is 7. The van der Waals surface area contributed by atoms with Gasteiger partial charge in [-0.05, 0) is 73.2 Å². The van der Waals surface area contributed by atoms with E-state index in [4.69, 9.17) is 4.74 Å². The number of halogens is 3. The lowest BCUT2D eigenvalue weighted by Crippen LogP contribution is -2.23. The van der Waals surface area contributed by atoms with Gasteiger partial charge in [0.2, 0.25) is 0 Å². The molecule has 3 aromatic rings. The molecule has 0 aliphatic rings. The van der Waals surface area contributed by atoms with Crippen LogP contribution in [0.4, 0.5) is 23.7 Å². The highest BCUT2D eigenvalue weighted by Crippen LogP contribution is 2.29. The molecule has 0 aliphatic carbocycles. The zero-order valence-electron chi connectivity index (χ0n) is 18.5. The molecule has 0 saturated heterocycles. The van der Waals surface area contributed by atoms with Gasteiger partial charge in [0.15, 0.2) is 0 Å². The zero-order chi connectivity index (χ0) is 25.4. The van der Waals surface area contributed by atoms with Crippen LogP contribution in [-0.2, 0) is 17.5 Å². The molecule has 0 aliphatic heterocycles. The number of carbonyl (C=O) groups excluding carboxylic acids is 3. The Morgan fingerprint density at radius 1 is 0.800 bits per heavy atom. The van der Waals surface area contributed by atoms with Crippen LogP contribution in [0, 0.1) is 0 Å². The Morgan fingerprint density at radius 3 is 1.94 bits per heavy atom. The standard InChI is InChI=1S/C25H21F3N2O5/c1-2-34-24(33)35-21-13-7-18(8-14-21)23(32)30-20-11-3-16(4-12-20)15-29-22(31)17-5-9-19(10-6-17)25(26,27)28/h3-14H,2,15H2,1H3,(H,29,31)(H,30,32). The molecule has 0 fully saturated rings. The smallest absolute Gasteiger partial charge is 0.434 e. The molecular formula is C25H21F3N2O5. The molecule has 2 amide bonds. The molecule has 35 heavy (non-hydrogen) atoms. The number of carbonyl (C=O) groups is 3. The first-order valence-electron chi connectivity index (χ1n) is 10.5. The molecule has 10 heteroatoms. The van der Waals surface area contributed by atoms with E-state index < -0.39 is 23.8 Å². The number of hydrogen-bond acceptors (Lipinski definition) is 5. The predicted octanol–water partition coefficient (Wildman–Crippen LogP) is 5.42. The maximum Gasteiger partial charge on any atom is 0.513 e. The molecular weight excluding hydrogens is 465 g/mol. The van der Waals surface area contributed by atoms with E-state index in [1.54, 1.807) is 31.2 Å². The fourth-order valence-electron chi connectivity index (χ4n) is 2.92.